The molecule has 1 heterocycles. The van der Waals surface area contributed by atoms with Crippen LogP contribution in [0.4, 0.5) is 0 Å². The van der Waals surface area contributed by atoms with Gasteiger partial charge in [0.05, 0.1) is 12.2 Å². The summed E-state index contributed by atoms with van der Waals surface area (Å²) in [6, 6.07) is -0.722. The Bertz CT molecular complexity index is 271. The standard InChI is InChI=1S/C11H19NO4/c13-7-5-9(11(15)16)12(6-7)8-3-1-2-4-10(8)14/h7-10,13-14H,1-6H2,(H,15,16)/t7-,8+,9+,10+/m0/s1. The van der Waals surface area contributed by atoms with Gasteiger partial charge in [-0.05, 0) is 12.8 Å². The van der Waals surface area contributed by atoms with Gasteiger partial charge in [0.1, 0.15) is 6.04 Å². The highest BCUT2D eigenvalue weighted by Crippen LogP contribution is 2.29. The minimum absolute atomic E-state index is 0.0907. The zero-order chi connectivity index (χ0) is 11.7. The summed E-state index contributed by atoms with van der Waals surface area (Å²) in [5.41, 5.74) is 0. The number of aliphatic hydroxyl groups excluding tert-OH is 2. The van der Waals surface area contributed by atoms with Gasteiger partial charge < -0.3 is 15.3 Å². The number of likely N-dealkylation sites (tertiary alicyclic amines) is 1. The summed E-state index contributed by atoms with van der Waals surface area (Å²) in [6.45, 7) is 0.374. The third-order valence-electron chi connectivity index (χ3n) is 3.72. The lowest BCUT2D eigenvalue weighted by atomic mass is 9.91. The molecule has 1 saturated heterocycles. The van der Waals surface area contributed by atoms with Crippen LogP contribution >= 0.6 is 0 Å². The van der Waals surface area contributed by atoms with E-state index in [9.17, 15) is 15.0 Å². The highest BCUT2D eigenvalue weighted by atomic mass is 16.4. The highest BCUT2D eigenvalue weighted by Gasteiger charge is 2.42. The molecular formula is C11H19NO4. The topological polar surface area (TPSA) is 81.0 Å². The molecule has 0 amide bonds. The van der Waals surface area contributed by atoms with Crippen molar-refractivity contribution in [1.29, 1.82) is 0 Å². The number of hydrogen-bond acceptors (Lipinski definition) is 4. The fourth-order valence-electron chi connectivity index (χ4n) is 2.93. The Morgan fingerprint density at radius 1 is 1.19 bits per heavy atom. The van der Waals surface area contributed by atoms with Crippen LogP contribution in [0, 0.1) is 0 Å². The zero-order valence-corrected chi connectivity index (χ0v) is 9.25. The number of β-amino-alcohol motifs (C(OH)–C–C–N with tert-alkyl or cyclic N) is 1. The van der Waals surface area contributed by atoms with E-state index in [1.54, 1.807) is 4.90 Å². The molecule has 0 aromatic rings. The second-order valence-corrected chi connectivity index (χ2v) is 4.86. The molecule has 0 spiro atoms. The fourth-order valence-corrected chi connectivity index (χ4v) is 2.93. The maximum Gasteiger partial charge on any atom is 0.321 e. The van der Waals surface area contributed by atoms with Crippen LogP contribution in [-0.4, -0.2) is 57.0 Å². The van der Waals surface area contributed by atoms with Gasteiger partial charge in [-0.3, -0.25) is 9.69 Å². The Hall–Kier alpha value is -0.650. The molecular weight excluding hydrogens is 210 g/mol. The second kappa shape index (κ2) is 4.69. The average Bonchev–Trinajstić information content (AvgIpc) is 2.61. The molecule has 92 valence electrons. The van der Waals surface area contributed by atoms with Crippen LogP contribution < -0.4 is 0 Å². The summed E-state index contributed by atoms with van der Waals surface area (Å²) in [5, 5.41) is 28.5. The molecule has 0 radical (unpaired) electrons. The lowest BCUT2D eigenvalue weighted by Gasteiger charge is -2.37. The number of aliphatic carboxylic acids is 1. The van der Waals surface area contributed by atoms with Gasteiger partial charge in [-0.1, -0.05) is 12.8 Å². The van der Waals surface area contributed by atoms with Crippen LogP contribution in [0.5, 0.6) is 0 Å². The van der Waals surface area contributed by atoms with Gasteiger partial charge in [-0.15, -0.1) is 0 Å². The molecule has 1 aliphatic carbocycles. The normalized spacial score (nSPS) is 41.1. The Balaban J connectivity index is 2.08. The Labute approximate surface area is 94.7 Å². The maximum atomic E-state index is 11.1. The van der Waals surface area contributed by atoms with Gasteiger partial charge >= 0.3 is 5.97 Å². The van der Waals surface area contributed by atoms with E-state index in [1.807, 2.05) is 0 Å². The van der Waals surface area contributed by atoms with E-state index in [0.29, 0.717) is 6.54 Å². The minimum atomic E-state index is -0.894. The molecule has 3 N–H and O–H groups in total. The monoisotopic (exact) mass is 229 g/mol. The van der Waals surface area contributed by atoms with Crippen molar-refractivity contribution >= 4 is 5.97 Å². The number of carboxylic acid groups (broad SMARTS) is 1. The third kappa shape index (κ3) is 2.21. The van der Waals surface area contributed by atoms with Crippen LogP contribution in [0.3, 0.4) is 0 Å². The highest BCUT2D eigenvalue weighted by molar-refractivity contribution is 5.74. The molecule has 0 unspecified atom stereocenters. The van der Waals surface area contributed by atoms with Gasteiger partial charge in [0, 0.05) is 19.0 Å². The van der Waals surface area contributed by atoms with E-state index in [1.165, 1.54) is 0 Å². The average molecular weight is 229 g/mol. The molecule has 2 fully saturated rings. The van der Waals surface area contributed by atoms with E-state index < -0.39 is 24.2 Å². The van der Waals surface area contributed by atoms with Crippen molar-refractivity contribution < 1.29 is 20.1 Å². The Kier molecular flexibility index (Phi) is 3.47. The summed E-state index contributed by atoms with van der Waals surface area (Å²) < 4.78 is 0. The van der Waals surface area contributed by atoms with E-state index in [0.717, 1.165) is 25.7 Å². The van der Waals surface area contributed by atoms with Crippen LogP contribution in [0.2, 0.25) is 0 Å². The Morgan fingerprint density at radius 2 is 1.88 bits per heavy atom. The SMILES string of the molecule is O=C(O)[C@H]1C[C@H](O)CN1[C@@H]1CCCC[C@H]1O. The molecule has 2 aliphatic rings. The summed E-state index contributed by atoms with van der Waals surface area (Å²) >= 11 is 0. The lowest BCUT2D eigenvalue weighted by Crippen LogP contribution is -2.50. The number of nitrogens with zero attached hydrogens (tertiary/aromatic N) is 1. The van der Waals surface area contributed by atoms with E-state index in [4.69, 9.17) is 5.11 Å². The van der Waals surface area contributed by atoms with Crippen LogP contribution in [0.15, 0.2) is 0 Å². The van der Waals surface area contributed by atoms with Gasteiger partial charge in [-0.25, -0.2) is 0 Å². The minimum Gasteiger partial charge on any atom is -0.480 e. The fraction of sp³-hybridized carbons (Fsp3) is 0.909. The number of hydrogen-bond donors (Lipinski definition) is 3. The summed E-state index contributed by atoms with van der Waals surface area (Å²) in [4.78, 5) is 12.8. The molecule has 0 aromatic carbocycles. The van der Waals surface area contributed by atoms with Crippen molar-refractivity contribution in [1.82, 2.24) is 4.90 Å². The first kappa shape index (κ1) is 11.8. The van der Waals surface area contributed by atoms with Crippen LogP contribution in [0.1, 0.15) is 32.1 Å². The number of aliphatic hydroxyl groups is 2. The van der Waals surface area contributed by atoms with Gasteiger partial charge in [0.2, 0.25) is 0 Å². The van der Waals surface area contributed by atoms with Gasteiger partial charge in [-0.2, -0.15) is 0 Å². The first-order valence-corrected chi connectivity index (χ1v) is 5.94. The molecule has 0 aromatic heterocycles. The molecule has 16 heavy (non-hydrogen) atoms. The molecule has 4 atom stereocenters. The first-order valence-electron chi connectivity index (χ1n) is 5.94. The molecule has 1 saturated carbocycles. The molecule has 1 aliphatic heterocycles. The van der Waals surface area contributed by atoms with Crippen molar-refractivity contribution in [3.63, 3.8) is 0 Å². The van der Waals surface area contributed by atoms with Gasteiger partial charge in [0.25, 0.3) is 0 Å². The van der Waals surface area contributed by atoms with Crippen molar-refractivity contribution in [3.05, 3.63) is 0 Å². The molecule has 0 bridgehead atoms. The summed E-state index contributed by atoms with van der Waals surface area (Å²) in [5.74, 6) is -0.894. The molecule has 5 nitrogen and oxygen atoms in total. The second-order valence-electron chi connectivity index (χ2n) is 4.86. The van der Waals surface area contributed by atoms with E-state index in [2.05, 4.69) is 0 Å². The van der Waals surface area contributed by atoms with Crippen LogP contribution in [0.25, 0.3) is 0 Å². The summed E-state index contributed by atoms with van der Waals surface area (Å²) in [7, 11) is 0. The van der Waals surface area contributed by atoms with E-state index in [-0.39, 0.29) is 12.5 Å². The number of carbonyl (C=O) groups is 1. The zero-order valence-electron chi connectivity index (χ0n) is 9.25. The van der Waals surface area contributed by atoms with Crippen molar-refractivity contribution in [2.24, 2.45) is 0 Å². The third-order valence-corrected chi connectivity index (χ3v) is 3.72. The van der Waals surface area contributed by atoms with Crippen molar-refractivity contribution in [2.75, 3.05) is 6.54 Å². The lowest BCUT2D eigenvalue weighted by molar-refractivity contribution is -0.144. The smallest absolute Gasteiger partial charge is 0.321 e. The molecule has 5 heteroatoms. The maximum absolute atomic E-state index is 11.1. The molecule has 2 rings (SSSR count). The van der Waals surface area contributed by atoms with Crippen molar-refractivity contribution in [2.45, 2.75) is 56.4 Å². The van der Waals surface area contributed by atoms with Crippen LogP contribution in [-0.2, 0) is 4.79 Å². The largest absolute Gasteiger partial charge is 0.480 e. The predicted molar refractivity (Wildman–Crippen MR) is 57.0 cm³/mol. The quantitative estimate of drug-likeness (QED) is 0.611. The van der Waals surface area contributed by atoms with Gasteiger partial charge in [0.15, 0.2) is 0 Å². The first-order chi connectivity index (χ1) is 7.59. The predicted octanol–water partition coefficient (Wildman–Crippen LogP) is -0.190. The number of carboxylic acids is 1. The summed E-state index contributed by atoms with van der Waals surface area (Å²) in [6.07, 6.45) is 2.86. The Morgan fingerprint density at radius 3 is 2.50 bits per heavy atom. The van der Waals surface area contributed by atoms with E-state index >= 15 is 0 Å². The number of rotatable bonds is 2. The van der Waals surface area contributed by atoms with Crippen molar-refractivity contribution in [3.8, 4) is 0 Å².